The standard InChI is InChI=1S/C21H23ClN6O/c1-14-24-11-15(12-25-14)19(28-9-7-23-8-10-28)13-26-21(29)17-3-2-4-18-16(17)5-6-20(22)27-18/h2-6,11-12,19,23H,7-10,13H2,1H3,(H,26,29). The van der Waals surface area contributed by atoms with Crippen molar-refractivity contribution in [2.75, 3.05) is 32.7 Å². The van der Waals surface area contributed by atoms with Gasteiger partial charge in [-0.2, -0.15) is 0 Å². The Kier molecular flexibility index (Phi) is 5.99. The molecule has 1 saturated heterocycles. The molecule has 0 bridgehead atoms. The maximum atomic E-state index is 13.0. The van der Waals surface area contributed by atoms with E-state index in [4.69, 9.17) is 11.6 Å². The maximum Gasteiger partial charge on any atom is 0.252 e. The number of aryl methyl sites for hydroxylation is 1. The first kappa shape index (κ1) is 19.7. The fourth-order valence-corrected chi connectivity index (χ4v) is 3.79. The molecule has 1 atom stereocenters. The van der Waals surface area contributed by atoms with Crippen molar-refractivity contribution in [3.8, 4) is 0 Å². The Morgan fingerprint density at radius 3 is 2.72 bits per heavy atom. The second-order valence-electron chi connectivity index (χ2n) is 7.08. The number of carbonyl (C=O) groups is 1. The van der Waals surface area contributed by atoms with Gasteiger partial charge in [-0.1, -0.05) is 17.7 Å². The van der Waals surface area contributed by atoms with E-state index < -0.39 is 0 Å². The first-order chi connectivity index (χ1) is 14.1. The molecule has 150 valence electrons. The summed E-state index contributed by atoms with van der Waals surface area (Å²) in [6.45, 7) is 6.00. The van der Waals surface area contributed by atoms with Crippen LogP contribution in [0.15, 0.2) is 42.7 Å². The topological polar surface area (TPSA) is 83.0 Å². The number of aromatic nitrogens is 3. The molecule has 0 aliphatic carbocycles. The lowest BCUT2D eigenvalue weighted by Gasteiger charge is -2.35. The number of rotatable bonds is 5. The highest BCUT2D eigenvalue weighted by molar-refractivity contribution is 6.29. The summed E-state index contributed by atoms with van der Waals surface area (Å²) in [5.41, 5.74) is 2.30. The summed E-state index contributed by atoms with van der Waals surface area (Å²) in [4.78, 5) is 28.3. The molecule has 0 spiro atoms. The quantitative estimate of drug-likeness (QED) is 0.628. The van der Waals surface area contributed by atoms with Crippen LogP contribution in [0.2, 0.25) is 5.15 Å². The number of fused-ring (bicyclic) bond motifs is 1. The van der Waals surface area contributed by atoms with E-state index in [1.54, 1.807) is 6.07 Å². The normalized spacial score (nSPS) is 15.9. The number of carbonyl (C=O) groups excluding carboxylic acids is 1. The Balaban J connectivity index is 1.55. The average molecular weight is 411 g/mol. The van der Waals surface area contributed by atoms with Crippen LogP contribution in [0.25, 0.3) is 10.9 Å². The van der Waals surface area contributed by atoms with Crippen LogP contribution in [0.1, 0.15) is 27.8 Å². The van der Waals surface area contributed by atoms with Crippen LogP contribution in [0, 0.1) is 6.92 Å². The van der Waals surface area contributed by atoms with Gasteiger partial charge in [-0.25, -0.2) is 15.0 Å². The number of hydrogen-bond donors (Lipinski definition) is 2. The second kappa shape index (κ2) is 8.82. The molecule has 8 heteroatoms. The minimum Gasteiger partial charge on any atom is -0.350 e. The fraction of sp³-hybridized carbons (Fsp3) is 0.333. The highest BCUT2D eigenvalue weighted by Crippen LogP contribution is 2.22. The summed E-state index contributed by atoms with van der Waals surface area (Å²) in [7, 11) is 0. The van der Waals surface area contributed by atoms with Crippen LogP contribution in [0.4, 0.5) is 0 Å². The number of piperazine rings is 1. The van der Waals surface area contributed by atoms with Gasteiger partial charge in [-0.3, -0.25) is 9.69 Å². The van der Waals surface area contributed by atoms with E-state index in [0.29, 0.717) is 22.8 Å². The highest BCUT2D eigenvalue weighted by Gasteiger charge is 2.24. The molecule has 1 aliphatic rings. The van der Waals surface area contributed by atoms with Crippen molar-refractivity contribution in [3.63, 3.8) is 0 Å². The first-order valence-electron chi connectivity index (χ1n) is 9.68. The van der Waals surface area contributed by atoms with Crippen molar-refractivity contribution >= 4 is 28.4 Å². The van der Waals surface area contributed by atoms with Crippen LogP contribution < -0.4 is 10.6 Å². The molecule has 4 rings (SSSR count). The second-order valence-corrected chi connectivity index (χ2v) is 7.47. The zero-order valence-electron chi connectivity index (χ0n) is 16.2. The molecule has 29 heavy (non-hydrogen) atoms. The molecular formula is C21H23ClN6O. The molecule has 1 amide bonds. The number of hydrogen-bond acceptors (Lipinski definition) is 6. The summed E-state index contributed by atoms with van der Waals surface area (Å²) in [5.74, 6) is 0.603. The van der Waals surface area contributed by atoms with E-state index in [0.717, 1.165) is 43.0 Å². The molecule has 2 aromatic heterocycles. The summed E-state index contributed by atoms with van der Waals surface area (Å²) >= 11 is 5.98. The SMILES string of the molecule is Cc1ncc(C(CNC(=O)c2cccc3nc(Cl)ccc23)N2CCNCC2)cn1. The largest absolute Gasteiger partial charge is 0.350 e. The number of pyridine rings is 1. The Hall–Kier alpha value is -2.61. The van der Waals surface area contributed by atoms with Crippen molar-refractivity contribution in [2.24, 2.45) is 0 Å². The van der Waals surface area contributed by atoms with Crippen LogP contribution >= 0.6 is 11.6 Å². The van der Waals surface area contributed by atoms with Gasteiger partial charge in [0.05, 0.1) is 11.6 Å². The van der Waals surface area contributed by atoms with Crippen molar-refractivity contribution in [3.05, 3.63) is 64.8 Å². The molecule has 1 unspecified atom stereocenters. The molecule has 0 radical (unpaired) electrons. The third kappa shape index (κ3) is 4.53. The molecule has 7 nitrogen and oxygen atoms in total. The smallest absolute Gasteiger partial charge is 0.252 e. The minimum atomic E-state index is -0.132. The van der Waals surface area contributed by atoms with Gasteiger partial charge in [0.15, 0.2) is 0 Å². The monoisotopic (exact) mass is 410 g/mol. The Labute approximate surface area is 174 Å². The van der Waals surface area contributed by atoms with Crippen LogP contribution in [-0.2, 0) is 0 Å². The number of nitrogens with zero attached hydrogens (tertiary/aromatic N) is 4. The Morgan fingerprint density at radius 2 is 1.97 bits per heavy atom. The Morgan fingerprint density at radius 1 is 1.21 bits per heavy atom. The van der Waals surface area contributed by atoms with Gasteiger partial charge in [0.1, 0.15) is 11.0 Å². The van der Waals surface area contributed by atoms with Gasteiger partial charge >= 0.3 is 0 Å². The predicted octanol–water partition coefficient (Wildman–Crippen LogP) is 2.36. The lowest BCUT2D eigenvalue weighted by Crippen LogP contribution is -2.48. The van der Waals surface area contributed by atoms with Gasteiger partial charge < -0.3 is 10.6 Å². The van der Waals surface area contributed by atoms with Gasteiger partial charge in [-0.05, 0) is 31.2 Å². The summed E-state index contributed by atoms with van der Waals surface area (Å²) < 4.78 is 0. The molecular weight excluding hydrogens is 388 g/mol. The van der Waals surface area contributed by atoms with Crippen LogP contribution in [0.3, 0.4) is 0 Å². The summed E-state index contributed by atoms with van der Waals surface area (Å²) in [6, 6.07) is 9.04. The predicted molar refractivity (Wildman–Crippen MR) is 113 cm³/mol. The van der Waals surface area contributed by atoms with Crippen LogP contribution in [-0.4, -0.2) is 58.5 Å². The zero-order chi connectivity index (χ0) is 20.2. The van der Waals surface area contributed by atoms with Gasteiger partial charge in [-0.15, -0.1) is 0 Å². The van der Waals surface area contributed by atoms with E-state index in [2.05, 4.69) is 30.5 Å². The Bertz CT molecular complexity index is 1000. The highest BCUT2D eigenvalue weighted by atomic mass is 35.5. The van der Waals surface area contributed by atoms with Crippen molar-refractivity contribution in [1.82, 2.24) is 30.5 Å². The average Bonchev–Trinajstić information content (AvgIpc) is 2.75. The fourth-order valence-electron chi connectivity index (χ4n) is 3.64. The molecule has 3 aromatic rings. The van der Waals surface area contributed by atoms with E-state index in [-0.39, 0.29) is 11.9 Å². The number of halogens is 1. The number of nitrogens with one attached hydrogen (secondary N) is 2. The van der Waals surface area contributed by atoms with E-state index >= 15 is 0 Å². The maximum absolute atomic E-state index is 13.0. The molecule has 2 N–H and O–H groups in total. The van der Waals surface area contributed by atoms with Gasteiger partial charge in [0, 0.05) is 61.6 Å². The van der Waals surface area contributed by atoms with E-state index in [9.17, 15) is 4.79 Å². The molecule has 1 aromatic carbocycles. The lowest BCUT2D eigenvalue weighted by molar-refractivity contribution is 0.0929. The van der Waals surface area contributed by atoms with Gasteiger partial charge in [0.25, 0.3) is 5.91 Å². The summed E-state index contributed by atoms with van der Waals surface area (Å²) in [5, 5.41) is 7.66. The third-order valence-electron chi connectivity index (χ3n) is 5.18. The van der Waals surface area contributed by atoms with Gasteiger partial charge in [0.2, 0.25) is 0 Å². The zero-order valence-corrected chi connectivity index (χ0v) is 17.0. The van der Waals surface area contributed by atoms with E-state index in [1.165, 1.54) is 0 Å². The molecule has 1 fully saturated rings. The van der Waals surface area contributed by atoms with Crippen molar-refractivity contribution in [2.45, 2.75) is 13.0 Å². The molecule has 1 aliphatic heterocycles. The lowest BCUT2D eigenvalue weighted by atomic mass is 10.1. The molecule has 0 saturated carbocycles. The minimum absolute atomic E-state index is 0.0178. The first-order valence-corrected chi connectivity index (χ1v) is 10.1. The number of amides is 1. The van der Waals surface area contributed by atoms with Crippen LogP contribution in [0.5, 0.6) is 0 Å². The third-order valence-corrected chi connectivity index (χ3v) is 5.39. The summed E-state index contributed by atoms with van der Waals surface area (Å²) in [6.07, 6.45) is 3.70. The molecule has 3 heterocycles. The van der Waals surface area contributed by atoms with E-state index in [1.807, 2.05) is 43.6 Å². The van der Waals surface area contributed by atoms with Crippen molar-refractivity contribution in [1.29, 1.82) is 0 Å². The van der Waals surface area contributed by atoms with Crippen molar-refractivity contribution < 1.29 is 4.79 Å². The number of benzene rings is 1.